The van der Waals surface area contributed by atoms with Crippen molar-refractivity contribution in [2.45, 2.75) is 6.92 Å². The first-order valence-electron chi connectivity index (χ1n) is 4.74. The number of nitrogens with zero attached hydrogens (tertiary/aromatic N) is 1. The van der Waals surface area contributed by atoms with Crippen LogP contribution >= 0.6 is 49.9 Å². The number of aromatic nitrogens is 1. The summed E-state index contributed by atoms with van der Waals surface area (Å²) in [7, 11) is 0. The lowest BCUT2D eigenvalue weighted by Crippen LogP contribution is -2.11. The fraction of sp³-hybridized carbons (Fsp3) is 0.0909. The van der Waals surface area contributed by atoms with Crippen molar-refractivity contribution in [3.8, 4) is 0 Å². The number of hydrogen-bond acceptors (Lipinski definition) is 3. The monoisotopic (exact) mass is 422 g/mol. The van der Waals surface area contributed by atoms with Gasteiger partial charge in [0.05, 0.1) is 20.3 Å². The minimum Gasteiger partial charge on any atom is -0.321 e. The van der Waals surface area contributed by atoms with Crippen LogP contribution in [0.15, 0.2) is 28.3 Å². The second-order valence-corrected chi connectivity index (χ2v) is 6.98. The van der Waals surface area contributed by atoms with Crippen LogP contribution in [0.4, 0.5) is 5.69 Å². The molecule has 2 aromatic rings. The zero-order valence-electron chi connectivity index (χ0n) is 8.83. The summed E-state index contributed by atoms with van der Waals surface area (Å²) < 4.78 is 1.89. The average molecular weight is 423 g/mol. The summed E-state index contributed by atoms with van der Waals surface area (Å²) in [6.45, 7) is 1.93. The fourth-order valence-corrected chi connectivity index (χ4v) is 2.80. The van der Waals surface area contributed by atoms with E-state index in [1.807, 2.05) is 24.4 Å². The molecule has 0 aliphatic carbocycles. The SMILES string of the molecule is Cc1cc(NC(=O)c2csc(I)c2)cnc1Br. The largest absolute Gasteiger partial charge is 0.321 e. The van der Waals surface area contributed by atoms with Gasteiger partial charge < -0.3 is 5.32 Å². The lowest BCUT2D eigenvalue weighted by molar-refractivity contribution is 0.102. The Morgan fingerprint density at radius 2 is 2.29 bits per heavy atom. The van der Waals surface area contributed by atoms with Gasteiger partial charge in [0.2, 0.25) is 0 Å². The van der Waals surface area contributed by atoms with E-state index in [2.05, 4.69) is 48.8 Å². The van der Waals surface area contributed by atoms with Crippen LogP contribution in [-0.4, -0.2) is 10.9 Å². The number of hydrogen-bond donors (Lipinski definition) is 1. The van der Waals surface area contributed by atoms with Crippen LogP contribution in [0.3, 0.4) is 0 Å². The molecule has 0 aromatic carbocycles. The number of rotatable bonds is 2. The van der Waals surface area contributed by atoms with Gasteiger partial charge in [-0.25, -0.2) is 4.98 Å². The van der Waals surface area contributed by atoms with Crippen molar-refractivity contribution >= 4 is 61.5 Å². The van der Waals surface area contributed by atoms with Crippen LogP contribution in [0.25, 0.3) is 0 Å². The summed E-state index contributed by atoms with van der Waals surface area (Å²) in [5.41, 5.74) is 2.37. The molecule has 0 aliphatic rings. The zero-order valence-corrected chi connectivity index (χ0v) is 13.4. The lowest BCUT2D eigenvalue weighted by Gasteiger charge is -2.05. The number of halogens is 2. The number of pyridine rings is 1. The molecule has 0 aliphatic heterocycles. The third-order valence-electron chi connectivity index (χ3n) is 2.10. The predicted octanol–water partition coefficient (Wildman–Crippen LogP) is 4.07. The highest BCUT2D eigenvalue weighted by Crippen LogP contribution is 2.20. The number of carbonyl (C=O) groups is 1. The Morgan fingerprint density at radius 3 is 2.88 bits per heavy atom. The van der Waals surface area contributed by atoms with E-state index in [0.717, 1.165) is 13.1 Å². The molecular weight excluding hydrogens is 415 g/mol. The van der Waals surface area contributed by atoms with Gasteiger partial charge in [-0.2, -0.15) is 0 Å². The van der Waals surface area contributed by atoms with Gasteiger partial charge in [0.15, 0.2) is 0 Å². The van der Waals surface area contributed by atoms with Crippen LogP contribution < -0.4 is 5.32 Å². The molecule has 0 atom stereocenters. The first-order chi connectivity index (χ1) is 8.06. The van der Waals surface area contributed by atoms with E-state index >= 15 is 0 Å². The van der Waals surface area contributed by atoms with E-state index in [-0.39, 0.29) is 5.91 Å². The van der Waals surface area contributed by atoms with Crippen LogP contribution in [0.5, 0.6) is 0 Å². The Labute approximate surface area is 125 Å². The second kappa shape index (κ2) is 5.45. The zero-order chi connectivity index (χ0) is 12.4. The molecule has 0 spiro atoms. The van der Waals surface area contributed by atoms with Crippen LogP contribution in [0, 0.1) is 9.81 Å². The molecule has 0 saturated carbocycles. The van der Waals surface area contributed by atoms with Crippen LogP contribution in [0.1, 0.15) is 15.9 Å². The van der Waals surface area contributed by atoms with Crippen molar-refractivity contribution in [3.05, 3.63) is 42.3 Å². The highest BCUT2D eigenvalue weighted by Gasteiger charge is 2.09. The van der Waals surface area contributed by atoms with Gasteiger partial charge in [0.25, 0.3) is 5.91 Å². The maximum absolute atomic E-state index is 11.9. The minimum absolute atomic E-state index is 0.104. The third kappa shape index (κ3) is 3.26. The highest BCUT2D eigenvalue weighted by molar-refractivity contribution is 14.1. The molecule has 88 valence electrons. The van der Waals surface area contributed by atoms with Crippen molar-refractivity contribution < 1.29 is 4.79 Å². The number of thiophene rings is 1. The number of aryl methyl sites for hydroxylation is 1. The first kappa shape index (κ1) is 13.0. The normalized spacial score (nSPS) is 10.3. The van der Waals surface area contributed by atoms with Crippen molar-refractivity contribution in [1.82, 2.24) is 4.98 Å². The molecule has 0 saturated heterocycles. The van der Waals surface area contributed by atoms with E-state index < -0.39 is 0 Å². The fourth-order valence-electron chi connectivity index (χ4n) is 1.26. The Bertz CT molecular complexity index is 570. The van der Waals surface area contributed by atoms with E-state index in [4.69, 9.17) is 0 Å². The quantitative estimate of drug-likeness (QED) is 0.585. The summed E-state index contributed by atoms with van der Waals surface area (Å²) in [4.78, 5) is 16.0. The molecule has 2 heterocycles. The van der Waals surface area contributed by atoms with Crippen molar-refractivity contribution in [3.63, 3.8) is 0 Å². The molecule has 1 N–H and O–H groups in total. The number of anilines is 1. The molecule has 1 amide bonds. The second-order valence-electron chi connectivity index (χ2n) is 3.43. The maximum Gasteiger partial charge on any atom is 0.256 e. The van der Waals surface area contributed by atoms with Crippen molar-refractivity contribution in [2.75, 3.05) is 5.32 Å². The standard InChI is InChI=1S/C11H8BrIN2OS/c1-6-2-8(4-14-10(6)12)15-11(16)7-3-9(13)17-5-7/h2-5H,1H3,(H,15,16). The lowest BCUT2D eigenvalue weighted by atomic mass is 10.2. The van der Waals surface area contributed by atoms with E-state index in [0.29, 0.717) is 11.3 Å². The molecule has 0 radical (unpaired) electrons. The summed E-state index contributed by atoms with van der Waals surface area (Å²) >= 11 is 7.07. The number of carbonyl (C=O) groups excluding carboxylic acids is 1. The van der Waals surface area contributed by atoms with Gasteiger partial charge >= 0.3 is 0 Å². The summed E-state index contributed by atoms with van der Waals surface area (Å²) in [6.07, 6.45) is 1.63. The van der Waals surface area contributed by atoms with E-state index in [1.165, 1.54) is 0 Å². The smallest absolute Gasteiger partial charge is 0.256 e. The Kier molecular flexibility index (Phi) is 4.16. The topological polar surface area (TPSA) is 42.0 Å². The highest BCUT2D eigenvalue weighted by atomic mass is 127. The average Bonchev–Trinajstić information content (AvgIpc) is 2.70. The predicted molar refractivity (Wildman–Crippen MR) is 81.7 cm³/mol. The van der Waals surface area contributed by atoms with Gasteiger partial charge in [-0.15, -0.1) is 11.3 Å². The third-order valence-corrected chi connectivity index (χ3v) is 4.72. The molecule has 0 unspecified atom stereocenters. The van der Waals surface area contributed by atoms with Gasteiger partial charge in [-0.1, -0.05) is 0 Å². The number of amides is 1. The maximum atomic E-state index is 11.9. The summed E-state index contributed by atoms with van der Waals surface area (Å²) in [5, 5.41) is 4.66. The van der Waals surface area contributed by atoms with Gasteiger partial charge in [-0.05, 0) is 63.1 Å². The van der Waals surface area contributed by atoms with Crippen molar-refractivity contribution in [1.29, 1.82) is 0 Å². The van der Waals surface area contributed by atoms with E-state index in [1.54, 1.807) is 17.5 Å². The number of nitrogens with one attached hydrogen (secondary N) is 1. The summed E-state index contributed by atoms with van der Waals surface area (Å²) in [6, 6.07) is 3.74. The van der Waals surface area contributed by atoms with Crippen molar-refractivity contribution in [2.24, 2.45) is 0 Å². The molecule has 2 rings (SSSR count). The molecule has 0 fully saturated rings. The van der Waals surface area contributed by atoms with Gasteiger partial charge in [0.1, 0.15) is 4.60 Å². The Balaban J connectivity index is 2.15. The van der Waals surface area contributed by atoms with E-state index in [9.17, 15) is 4.79 Å². The van der Waals surface area contributed by atoms with Crippen LogP contribution in [0.2, 0.25) is 0 Å². The molecule has 0 bridgehead atoms. The molecule has 2 aromatic heterocycles. The van der Waals surface area contributed by atoms with Gasteiger partial charge in [0, 0.05) is 5.38 Å². The summed E-state index contributed by atoms with van der Waals surface area (Å²) in [5.74, 6) is -0.104. The van der Waals surface area contributed by atoms with Gasteiger partial charge in [-0.3, -0.25) is 4.79 Å². The molecule has 17 heavy (non-hydrogen) atoms. The van der Waals surface area contributed by atoms with Crippen LogP contribution in [-0.2, 0) is 0 Å². The molecule has 3 nitrogen and oxygen atoms in total. The first-order valence-corrected chi connectivity index (χ1v) is 7.49. The minimum atomic E-state index is -0.104. The Morgan fingerprint density at radius 1 is 1.53 bits per heavy atom. The molecule has 6 heteroatoms. The Hall–Kier alpha value is -0.470. The molecular formula is C11H8BrIN2OS.